The minimum atomic E-state index is 0.310. The van der Waals surface area contributed by atoms with E-state index in [-0.39, 0.29) is 0 Å². The third kappa shape index (κ3) is 1.22. The Bertz CT molecular complexity index is 412. The van der Waals surface area contributed by atoms with Gasteiger partial charge in [0, 0.05) is 8.95 Å². The Morgan fingerprint density at radius 2 is 1.92 bits per heavy atom. The van der Waals surface area contributed by atoms with Crippen molar-refractivity contribution < 1.29 is 4.74 Å². The predicted molar refractivity (Wildman–Crippen MR) is 58.5 cm³/mol. The summed E-state index contributed by atoms with van der Waals surface area (Å²) in [5.41, 5.74) is 2.55. The fourth-order valence-corrected chi connectivity index (χ4v) is 2.41. The maximum Gasteiger partial charge on any atom is 0.114 e. The number of halogens is 2. The Hall–Kier alpha value is -0.120. The van der Waals surface area contributed by atoms with Crippen LogP contribution >= 0.6 is 31.9 Å². The maximum absolute atomic E-state index is 5.48. The molecule has 0 saturated carbocycles. The second-order valence-electron chi connectivity index (χ2n) is 3.28. The summed E-state index contributed by atoms with van der Waals surface area (Å²) in [7, 11) is 0. The van der Waals surface area contributed by atoms with E-state index >= 15 is 0 Å². The van der Waals surface area contributed by atoms with Crippen LogP contribution in [0.1, 0.15) is 17.2 Å². The van der Waals surface area contributed by atoms with Crippen LogP contribution in [0.4, 0.5) is 0 Å². The van der Waals surface area contributed by atoms with E-state index in [0.717, 1.165) is 8.95 Å². The van der Waals surface area contributed by atoms with E-state index in [1.807, 2.05) is 0 Å². The topological polar surface area (TPSA) is 12.5 Å². The standard InChI is InChI=1S/C10H6Br2O/c11-7-3-5-1-2-9-10(13-9)6(5)4-8(7)12/h1-4,9-10H/t9-,10+/m0/s1. The van der Waals surface area contributed by atoms with Gasteiger partial charge in [0.2, 0.25) is 0 Å². The van der Waals surface area contributed by atoms with Crippen molar-refractivity contribution in [1.82, 2.24) is 0 Å². The molecule has 0 unspecified atom stereocenters. The number of fused-ring (bicyclic) bond motifs is 3. The van der Waals surface area contributed by atoms with Gasteiger partial charge in [-0.15, -0.1) is 0 Å². The van der Waals surface area contributed by atoms with Crippen LogP contribution in [0.3, 0.4) is 0 Å². The van der Waals surface area contributed by atoms with E-state index in [9.17, 15) is 0 Å². The summed E-state index contributed by atoms with van der Waals surface area (Å²) >= 11 is 6.98. The van der Waals surface area contributed by atoms with Crippen LogP contribution in [-0.4, -0.2) is 6.10 Å². The SMILES string of the molecule is Brc1cc2c(cc1Br)[C@H]1O[C@H]1C=C2. The minimum absolute atomic E-state index is 0.310. The molecular weight excluding hydrogens is 296 g/mol. The monoisotopic (exact) mass is 300 g/mol. The zero-order valence-corrected chi connectivity index (χ0v) is 9.80. The lowest BCUT2D eigenvalue weighted by Crippen LogP contribution is -1.95. The largest absolute Gasteiger partial charge is 0.360 e. The van der Waals surface area contributed by atoms with E-state index in [1.54, 1.807) is 0 Å². The van der Waals surface area contributed by atoms with Crippen LogP contribution in [0.25, 0.3) is 6.08 Å². The molecule has 1 aromatic carbocycles. The first kappa shape index (κ1) is 8.21. The van der Waals surface area contributed by atoms with Gasteiger partial charge < -0.3 is 4.74 Å². The van der Waals surface area contributed by atoms with Crippen molar-refractivity contribution >= 4 is 37.9 Å². The Labute approximate surface area is 93.0 Å². The molecule has 1 nitrogen and oxygen atoms in total. The number of rotatable bonds is 0. The second kappa shape index (κ2) is 2.69. The fourth-order valence-electron chi connectivity index (χ4n) is 1.69. The van der Waals surface area contributed by atoms with E-state index in [1.165, 1.54) is 11.1 Å². The van der Waals surface area contributed by atoms with Crippen molar-refractivity contribution in [3.05, 3.63) is 38.3 Å². The number of benzene rings is 1. The predicted octanol–water partition coefficient (Wildman–Crippen LogP) is 3.68. The van der Waals surface area contributed by atoms with Gasteiger partial charge in [0.15, 0.2) is 0 Å². The van der Waals surface area contributed by atoms with Crippen LogP contribution in [0.15, 0.2) is 27.2 Å². The summed E-state index contributed by atoms with van der Waals surface area (Å²) in [5.74, 6) is 0. The molecule has 3 heteroatoms. The molecule has 2 atom stereocenters. The summed E-state index contributed by atoms with van der Waals surface area (Å²) in [6.45, 7) is 0. The third-order valence-electron chi connectivity index (χ3n) is 2.42. The highest BCUT2D eigenvalue weighted by Crippen LogP contribution is 2.46. The molecule has 0 N–H and O–H groups in total. The molecule has 0 aromatic heterocycles. The molecule has 1 aliphatic heterocycles. The van der Waals surface area contributed by atoms with Gasteiger partial charge in [-0.05, 0) is 55.1 Å². The van der Waals surface area contributed by atoms with Gasteiger partial charge >= 0.3 is 0 Å². The normalized spacial score (nSPS) is 28.2. The van der Waals surface area contributed by atoms with Crippen molar-refractivity contribution in [2.45, 2.75) is 12.2 Å². The lowest BCUT2D eigenvalue weighted by atomic mass is 9.98. The maximum atomic E-state index is 5.48. The number of ether oxygens (including phenoxy) is 1. The molecule has 0 spiro atoms. The van der Waals surface area contributed by atoms with E-state index in [4.69, 9.17) is 4.74 Å². The van der Waals surface area contributed by atoms with Gasteiger partial charge in [0.05, 0.1) is 0 Å². The number of hydrogen-bond acceptors (Lipinski definition) is 1. The number of hydrogen-bond donors (Lipinski definition) is 0. The van der Waals surface area contributed by atoms with Gasteiger partial charge in [0.25, 0.3) is 0 Å². The molecule has 0 radical (unpaired) electrons. The summed E-state index contributed by atoms with van der Waals surface area (Å²) in [5, 5.41) is 0. The lowest BCUT2D eigenvalue weighted by molar-refractivity contribution is 0.395. The highest BCUT2D eigenvalue weighted by molar-refractivity contribution is 9.13. The van der Waals surface area contributed by atoms with Gasteiger partial charge in [-0.1, -0.05) is 12.2 Å². The first-order valence-electron chi connectivity index (χ1n) is 4.08. The third-order valence-corrected chi connectivity index (χ3v) is 4.27. The average molecular weight is 302 g/mol. The first-order chi connectivity index (χ1) is 6.25. The molecule has 2 aliphatic rings. The van der Waals surface area contributed by atoms with Crippen LogP contribution in [0.2, 0.25) is 0 Å². The zero-order valence-electron chi connectivity index (χ0n) is 6.63. The molecule has 1 heterocycles. The molecule has 0 bridgehead atoms. The fraction of sp³-hybridized carbons (Fsp3) is 0.200. The van der Waals surface area contributed by atoms with E-state index in [2.05, 4.69) is 56.1 Å². The molecule has 1 aliphatic carbocycles. The van der Waals surface area contributed by atoms with Crippen molar-refractivity contribution in [3.8, 4) is 0 Å². The summed E-state index contributed by atoms with van der Waals surface area (Å²) in [4.78, 5) is 0. The minimum Gasteiger partial charge on any atom is -0.360 e. The molecular formula is C10H6Br2O. The Balaban J connectivity index is 2.22. The lowest BCUT2D eigenvalue weighted by Gasteiger charge is -2.08. The van der Waals surface area contributed by atoms with Crippen molar-refractivity contribution in [1.29, 1.82) is 0 Å². The molecule has 66 valence electrons. The summed E-state index contributed by atoms with van der Waals surface area (Å²) < 4.78 is 7.66. The highest BCUT2D eigenvalue weighted by Gasteiger charge is 2.41. The molecule has 3 rings (SSSR count). The zero-order chi connectivity index (χ0) is 9.00. The average Bonchev–Trinajstić information content (AvgIpc) is 2.86. The van der Waals surface area contributed by atoms with E-state index < -0.39 is 0 Å². The van der Waals surface area contributed by atoms with Crippen LogP contribution in [0.5, 0.6) is 0 Å². The first-order valence-corrected chi connectivity index (χ1v) is 5.67. The second-order valence-corrected chi connectivity index (χ2v) is 4.98. The Morgan fingerprint density at radius 3 is 2.77 bits per heavy atom. The molecule has 1 saturated heterocycles. The van der Waals surface area contributed by atoms with Crippen LogP contribution in [0, 0.1) is 0 Å². The molecule has 0 amide bonds. The quantitative estimate of drug-likeness (QED) is 0.666. The van der Waals surface area contributed by atoms with Crippen molar-refractivity contribution in [2.24, 2.45) is 0 Å². The summed E-state index contributed by atoms with van der Waals surface area (Å²) in [6, 6.07) is 4.25. The van der Waals surface area contributed by atoms with Crippen LogP contribution < -0.4 is 0 Å². The van der Waals surface area contributed by atoms with Gasteiger partial charge in [0.1, 0.15) is 12.2 Å². The number of epoxide rings is 1. The molecule has 13 heavy (non-hydrogen) atoms. The Kier molecular flexibility index (Phi) is 1.70. The molecule has 1 aromatic rings. The Morgan fingerprint density at radius 1 is 1.15 bits per heavy atom. The molecule has 1 fully saturated rings. The summed E-state index contributed by atoms with van der Waals surface area (Å²) in [6.07, 6.45) is 4.89. The van der Waals surface area contributed by atoms with E-state index in [0.29, 0.717) is 12.2 Å². The van der Waals surface area contributed by atoms with Crippen molar-refractivity contribution in [2.75, 3.05) is 0 Å². The van der Waals surface area contributed by atoms with Gasteiger partial charge in [-0.3, -0.25) is 0 Å². The smallest absolute Gasteiger partial charge is 0.114 e. The highest BCUT2D eigenvalue weighted by atomic mass is 79.9. The van der Waals surface area contributed by atoms with Gasteiger partial charge in [-0.25, -0.2) is 0 Å². The van der Waals surface area contributed by atoms with Crippen molar-refractivity contribution in [3.63, 3.8) is 0 Å². The van der Waals surface area contributed by atoms with Crippen LogP contribution in [-0.2, 0) is 4.74 Å². The van der Waals surface area contributed by atoms with Gasteiger partial charge in [-0.2, -0.15) is 0 Å².